The fraction of sp³-hybridized carbons (Fsp3) is 0.455. The van der Waals surface area contributed by atoms with Crippen molar-refractivity contribution in [3.05, 3.63) is 34.1 Å². The van der Waals surface area contributed by atoms with E-state index in [2.05, 4.69) is 10.6 Å². The Morgan fingerprint density at radius 2 is 2.17 bits per heavy atom. The van der Waals surface area contributed by atoms with Crippen molar-refractivity contribution in [3.8, 4) is 0 Å². The number of nitrogens with one attached hydrogen (secondary N) is 2. The largest absolute Gasteiger partial charge is 0.383 e. The highest BCUT2D eigenvalue weighted by Crippen LogP contribution is 2.24. The molecular weight excluding hydrogens is 241 g/mol. The van der Waals surface area contributed by atoms with Gasteiger partial charge in [-0.1, -0.05) is 0 Å². The Morgan fingerprint density at radius 1 is 1.39 bits per heavy atom. The average molecular weight is 257 g/mol. The van der Waals surface area contributed by atoms with Gasteiger partial charge in [0.2, 0.25) is 0 Å². The second kappa shape index (κ2) is 7.57. The molecular formula is C11H16FN3O3. The van der Waals surface area contributed by atoms with Crippen LogP contribution in [0.4, 0.5) is 15.8 Å². The minimum absolute atomic E-state index is 0.131. The van der Waals surface area contributed by atoms with Gasteiger partial charge in [-0.25, -0.2) is 4.39 Å². The third-order valence-electron chi connectivity index (χ3n) is 2.26. The molecule has 0 aromatic heterocycles. The summed E-state index contributed by atoms with van der Waals surface area (Å²) in [6, 6.07) is 3.34. The first kappa shape index (κ1) is 14.3. The van der Waals surface area contributed by atoms with Crippen LogP contribution in [0.15, 0.2) is 18.2 Å². The van der Waals surface area contributed by atoms with Crippen LogP contribution >= 0.6 is 0 Å². The lowest BCUT2D eigenvalue weighted by atomic mass is 10.2. The number of hydrogen-bond donors (Lipinski definition) is 2. The molecule has 0 unspecified atom stereocenters. The summed E-state index contributed by atoms with van der Waals surface area (Å²) in [5.41, 5.74) is 0.0573. The predicted octanol–water partition coefficient (Wildman–Crippen LogP) is 1.38. The molecule has 0 saturated heterocycles. The molecule has 0 saturated carbocycles. The zero-order valence-electron chi connectivity index (χ0n) is 10.1. The average Bonchev–Trinajstić information content (AvgIpc) is 2.33. The molecule has 6 nitrogen and oxygen atoms in total. The zero-order chi connectivity index (χ0) is 13.4. The molecule has 0 aliphatic rings. The van der Waals surface area contributed by atoms with Gasteiger partial charge in [0.05, 0.1) is 11.5 Å². The van der Waals surface area contributed by atoms with E-state index < -0.39 is 10.7 Å². The number of nitrogens with zero attached hydrogens (tertiary/aromatic N) is 1. The van der Waals surface area contributed by atoms with E-state index in [1.807, 2.05) is 0 Å². The van der Waals surface area contributed by atoms with Gasteiger partial charge < -0.3 is 15.4 Å². The number of anilines is 1. The van der Waals surface area contributed by atoms with Crippen molar-refractivity contribution in [2.75, 3.05) is 38.7 Å². The second-order valence-corrected chi connectivity index (χ2v) is 3.59. The molecule has 7 heteroatoms. The van der Waals surface area contributed by atoms with Crippen LogP contribution in [-0.2, 0) is 4.74 Å². The number of nitro groups is 1. The van der Waals surface area contributed by atoms with Crippen molar-refractivity contribution < 1.29 is 14.1 Å². The predicted molar refractivity (Wildman–Crippen MR) is 66.3 cm³/mol. The van der Waals surface area contributed by atoms with E-state index in [0.29, 0.717) is 26.2 Å². The summed E-state index contributed by atoms with van der Waals surface area (Å²) in [5.74, 6) is -0.504. The van der Waals surface area contributed by atoms with E-state index in [-0.39, 0.29) is 11.4 Å². The molecule has 1 rings (SSSR count). The van der Waals surface area contributed by atoms with E-state index in [9.17, 15) is 14.5 Å². The fourth-order valence-corrected chi connectivity index (χ4v) is 1.39. The normalized spacial score (nSPS) is 10.3. The van der Waals surface area contributed by atoms with E-state index in [0.717, 1.165) is 18.2 Å². The van der Waals surface area contributed by atoms with Gasteiger partial charge in [0.1, 0.15) is 11.5 Å². The first-order chi connectivity index (χ1) is 8.65. The molecule has 0 amide bonds. The van der Waals surface area contributed by atoms with Gasteiger partial charge in [0, 0.05) is 38.9 Å². The van der Waals surface area contributed by atoms with Gasteiger partial charge in [-0.05, 0) is 6.07 Å². The lowest BCUT2D eigenvalue weighted by molar-refractivity contribution is -0.384. The number of halogens is 1. The van der Waals surface area contributed by atoms with Gasteiger partial charge in [0.25, 0.3) is 5.69 Å². The molecule has 0 aliphatic carbocycles. The number of hydrogen-bond acceptors (Lipinski definition) is 5. The molecule has 0 fully saturated rings. The van der Waals surface area contributed by atoms with Gasteiger partial charge in [-0.3, -0.25) is 10.1 Å². The molecule has 0 spiro atoms. The number of methoxy groups -OCH3 is 1. The zero-order valence-corrected chi connectivity index (χ0v) is 10.1. The van der Waals surface area contributed by atoms with Crippen LogP contribution in [0.1, 0.15) is 0 Å². The van der Waals surface area contributed by atoms with Crippen LogP contribution in [0.2, 0.25) is 0 Å². The van der Waals surface area contributed by atoms with Crippen molar-refractivity contribution in [2.45, 2.75) is 0 Å². The van der Waals surface area contributed by atoms with E-state index >= 15 is 0 Å². The van der Waals surface area contributed by atoms with Crippen LogP contribution in [0, 0.1) is 15.9 Å². The molecule has 0 radical (unpaired) electrons. The first-order valence-corrected chi connectivity index (χ1v) is 5.52. The number of benzene rings is 1. The third-order valence-corrected chi connectivity index (χ3v) is 2.26. The lowest BCUT2D eigenvalue weighted by Gasteiger charge is -2.08. The molecule has 18 heavy (non-hydrogen) atoms. The van der Waals surface area contributed by atoms with Gasteiger partial charge >= 0.3 is 0 Å². The fourth-order valence-electron chi connectivity index (χ4n) is 1.39. The maximum absolute atomic E-state index is 13.0. The standard InChI is InChI=1S/C11H16FN3O3/c1-18-7-6-13-4-5-14-10-8-9(12)2-3-11(10)15(16)17/h2-3,8,13-14H,4-7H2,1H3. The molecule has 0 heterocycles. The smallest absolute Gasteiger partial charge is 0.292 e. The first-order valence-electron chi connectivity index (χ1n) is 5.52. The Kier molecular flexibility index (Phi) is 6.03. The Balaban J connectivity index is 2.45. The van der Waals surface area contributed by atoms with Crippen LogP contribution in [0.25, 0.3) is 0 Å². The van der Waals surface area contributed by atoms with Crippen molar-refractivity contribution in [1.29, 1.82) is 0 Å². The van der Waals surface area contributed by atoms with Crippen LogP contribution < -0.4 is 10.6 Å². The SMILES string of the molecule is COCCNCCNc1cc(F)ccc1[N+](=O)[O-]. The van der Waals surface area contributed by atoms with Crippen molar-refractivity contribution in [2.24, 2.45) is 0 Å². The molecule has 100 valence electrons. The van der Waals surface area contributed by atoms with Gasteiger partial charge in [0.15, 0.2) is 0 Å². The maximum atomic E-state index is 13.0. The summed E-state index contributed by atoms with van der Waals surface area (Å²) >= 11 is 0. The lowest BCUT2D eigenvalue weighted by Crippen LogP contribution is -2.25. The molecule has 0 aliphatic heterocycles. The molecule has 1 aromatic rings. The Labute approximate surface area is 104 Å². The topological polar surface area (TPSA) is 76.4 Å². The number of ether oxygens (including phenoxy) is 1. The minimum Gasteiger partial charge on any atom is -0.383 e. The maximum Gasteiger partial charge on any atom is 0.292 e. The monoisotopic (exact) mass is 257 g/mol. The Morgan fingerprint density at radius 3 is 2.83 bits per heavy atom. The van der Waals surface area contributed by atoms with Crippen molar-refractivity contribution >= 4 is 11.4 Å². The van der Waals surface area contributed by atoms with Crippen LogP contribution in [0.3, 0.4) is 0 Å². The molecule has 0 bridgehead atoms. The molecule has 0 atom stereocenters. The highest BCUT2D eigenvalue weighted by molar-refractivity contribution is 5.61. The van der Waals surface area contributed by atoms with Crippen molar-refractivity contribution in [3.63, 3.8) is 0 Å². The minimum atomic E-state index is -0.542. The quantitative estimate of drug-likeness (QED) is 0.418. The summed E-state index contributed by atoms with van der Waals surface area (Å²) in [4.78, 5) is 10.2. The summed E-state index contributed by atoms with van der Waals surface area (Å²) in [6.45, 7) is 2.37. The van der Waals surface area contributed by atoms with Crippen molar-refractivity contribution in [1.82, 2.24) is 5.32 Å². The Hall–Kier alpha value is -1.73. The third kappa shape index (κ3) is 4.64. The molecule has 1 aromatic carbocycles. The Bertz CT molecular complexity index is 401. The van der Waals surface area contributed by atoms with Gasteiger partial charge in [-0.15, -0.1) is 0 Å². The second-order valence-electron chi connectivity index (χ2n) is 3.59. The summed E-state index contributed by atoms with van der Waals surface area (Å²) in [6.07, 6.45) is 0. The van der Waals surface area contributed by atoms with E-state index in [1.165, 1.54) is 0 Å². The van der Waals surface area contributed by atoms with E-state index in [4.69, 9.17) is 4.74 Å². The summed E-state index contributed by atoms with van der Waals surface area (Å²) in [5, 5.41) is 16.6. The summed E-state index contributed by atoms with van der Waals surface area (Å²) < 4.78 is 17.8. The summed E-state index contributed by atoms with van der Waals surface area (Å²) in [7, 11) is 1.61. The number of nitro benzene ring substituents is 1. The molecule has 2 N–H and O–H groups in total. The van der Waals surface area contributed by atoms with Crippen LogP contribution in [0.5, 0.6) is 0 Å². The highest BCUT2D eigenvalue weighted by atomic mass is 19.1. The van der Waals surface area contributed by atoms with Gasteiger partial charge in [-0.2, -0.15) is 0 Å². The van der Waals surface area contributed by atoms with E-state index in [1.54, 1.807) is 7.11 Å². The highest BCUT2D eigenvalue weighted by Gasteiger charge is 2.13. The van der Waals surface area contributed by atoms with Crippen LogP contribution in [-0.4, -0.2) is 38.3 Å². The number of rotatable bonds is 8.